The Morgan fingerprint density at radius 1 is 1.20 bits per heavy atom. The van der Waals surface area contributed by atoms with Gasteiger partial charge in [0, 0.05) is 23.7 Å². The van der Waals surface area contributed by atoms with Crippen LogP contribution >= 0.6 is 11.6 Å². The predicted octanol–water partition coefficient (Wildman–Crippen LogP) is 1.61. The van der Waals surface area contributed by atoms with Gasteiger partial charge in [-0.05, 0) is 35.9 Å². The molecule has 2 N–H and O–H groups in total. The largest absolute Gasteiger partial charge is 0.496 e. The number of nitrogens with zero attached hydrogens (tertiary/aromatic N) is 2. The molecule has 9 heteroatoms. The number of carbonyl (C=O) groups excluding carboxylic acids is 3. The number of amides is 3. The van der Waals surface area contributed by atoms with Gasteiger partial charge in [-0.3, -0.25) is 14.4 Å². The van der Waals surface area contributed by atoms with E-state index in [9.17, 15) is 14.4 Å². The van der Waals surface area contributed by atoms with Gasteiger partial charge >= 0.3 is 0 Å². The number of hydrogen-bond acceptors (Lipinski definition) is 5. The van der Waals surface area contributed by atoms with E-state index in [0.717, 1.165) is 11.1 Å². The maximum Gasteiger partial charge on any atom is 0.256 e. The molecule has 30 heavy (non-hydrogen) atoms. The number of benzene rings is 2. The summed E-state index contributed by atoms with van der Waals surface area (Å²) in [5.74, 6) is -0.525. The highest BCUT2D eigenvalue weighted by atomic mass is 35.5. The fourth-order valence-electron chi connectivity index (χ4n) is 3.85. The molecule has 0 spiro atoms. The van der Waals surface area contributed by atoms with Crippen LogP contribution in [-0.4, -0.2) is 72.0 Å². The van der Waals surface area contributed by atoms with Crippen LogP contribution in [0.1, 0.15) is 10.4 Å². The van der Waals surface area contributed by atoms with E-state index < -0.39 is 18.6 Å². The van der Waals surface area contributed by atoms with Gasteiger partial charge in [0.2, 0.25) is 11.8 Å². The Bertz CT molecular complexity index is 1040. The molecular weight excluding hydrogens is 410 g/mol. The van der Waals surface area contributed by atoms with Gasteiger partial charge in [0.1, 0.15) is 18.4 Å². The zero-order chi connectivity index (χ0) is 21.4. The normalized spacial score (nSPS) is 18.3. The van der Waals surface area contributed by atoms with E-state index in [2.05, 4.69) is 5.32 Å². The van der Waals surface area contributed by atoms with Gasteiger partial charge in [0.15, 0.2) is 0 Å². The Morgan fingerprint density at radius 2 is 2.00 bits per heavy atom. The van der Waals surface area contributed by atoms with Crippen molar-refractivity contribution in [2.24, 2.45) is 0 Å². The van der Waals surface area contributed by atoms with Crippen LogP contribution in [0.2, 0.25) is 5.02 Å². The third-order valence-corrected chi connectivity index (χ3v) is 5.65. The summed E-state index contributed by atoms with van der Waals surface area (Å²) in [4.78, 5) is 40.8. The first-order valence-electron chi connectivity index (χ1n) is 9.41. The molecule has 156 valence electrons. The summed E-state index contributed by atoms with van der Waals surface area (Å²) in [6, 6.07) is 9.57. The summed E-state index contributed by atoms with van der Waals surface area (Å²) < 4.78 is 5.42. The van der Waals surface area contributed by atoms with Gasteiger partial charge in [-0.1, -0.05) is 17.7 Å². The summed E-state index contributed by atoms with van der Waals surface area (Å²) >= 11 is 6.15. The summed E-state index contributed by atoms with van der Waals surface area (Å²) in [7, 11) is 1.55. The Labute approximate surface area is 178 Å². The average Bonchev–Trinajstić information content (AvgIpc) is 2.87. The van der Waals surface area contributed by atoms with E-state index in [1.807, 2.05) is 0 Å². The molecule has 2 aliphatic heterocycles. The van der Waals surface area contributed by atoms with Gasteiger partial charge in [-0.15, -0.1) is 0 Å². The van der Waals surface area contributed by atoms with Crippen molar-refractivity contribution in [1.29, 1.82) is 0 Å². The second-order valence-electron chi connectivity index (χ2n) is 7.11. The van der Waals surface area contributed by atoms with Crippen LogP contribution in [0.4, 0.5) is 5.69 Å². The van der Waals surface area contributed by atoms with E-state index in [1.165, 1.54) is 9.80 Å². The first kappa shape index (κ1) is 20.2. The Kier molecular flexibility index (Phi) is 5.36. The van der Waals surface area contributed by atoms with Crippen LogP contribution in [-0.2, 0) is 9.59 Å². The minimum Gasteiger partial charge on any atom is -0.496 e. The molecule has 2 aromatic carbocycles. The molecule has 0 aliphatic carbocycles. The van der Waals surface area contributed by atoms with Crippen molar-refractivity contribution in [3.63, 3.8) is 0 Å². The molecule has 0 radical (unpaired) electrons. The molecule has 8 nitrogen and oxygen atoms in total. The summed E-state index contributed by atoms with van der Waals surface area (Å²) in [6.07, 6.45) is 0. The molecule has 0 bridgehead atoms. The second kappa shape index (κ2) is 7.97. The quantitative estimate of drug-likeness (QED) is 0.772. The van der Waals surface area contributed by atoms with Gasteiger partial charge in [0.05, 0.1) is 24.9 Å². The number of fused-ring (bicyclic) bond motifs is 2. The van der Waals surface area contributed by atoms with E-state index >= 15 is 0 Å². The summed E-state index contributed by atoms with van der Waals surface area (Å²) in [6.45, 7) is -0.133. The van der Waals surface area contributed by atoms with Crippen molar-refractivity contribution in [1.82, 2.24) is 9.80 Å². The fourth-order valence-corrected chi connectivity index (χ4v) is 4.02. The van der Waals surface area contributed by atoms with E-state index in [4.69, 9.17) is 21.4 Å². The minimum atomic E-state index is -0.821. The van der Waals surface area contributed by atoms with Crippen molar-refractivity contribution < 1.29 is 24.2 Å². The summed E-state index contributed by atoms with van der Waals surface area (Å²) in [5, 5.41) is 12.4. The Hall–Kier alpha value is -3.10. The zero-order valence-electron chi connectivity index (χ0n) is 16.2. The number of carbonyl (C=O) groups is 3. The van der Waals surface area contributed by atoms with Crippen LogP contribution in [0.15, 0.2) is 36.4 Å². The number of anilines is 1. The molecule has 4 rings (SSSR count). The third-order valence-electron chi connectivity index (χ3n) is 5.41. The van der Waals surface area contributed by atoms with Gasteiger partial charge in [0.25, 0.3) is 5.91 Å². The van der Waals surface area contributed by atoms with Crippen LogP contribution in [0.25, 0.3) is 11.1 Å². The van der Waals surface area contributed by atoms with Crippen molar-refractivity contribution in [2.45, 2.75) is 6.04 Å². The number of methoxy groups -OCH3 is 1. The smallest absolute Gasteiger partial charge is 0.256 e. The second-order valence-corrected chi connectivity index (χ2v) is 7.54. The number of aliphatic hydroxyl groups is 1. The lowest BCUT2D eigenvalue weighted by Gasteiger charge is -2.39. The van der Waals surface area contributed by atoms with Crippen LogP contribution in [0.3, 0.4) is 0 Å². The molecule has 1 saturated heterocycles. The van der Waals surface area contributed by atoms with Crippen LogP contribution in [0, 0.1) is 0 Å². The van der Waals surface area contributed by atoms with Crippen molar-refractivity contribution in [3.8, 4) is 16.9 Å². The van der Waals surface area contributed by atoms with Gasteiger partial charge < -0.3 is 25.0 Å². The monoisotopic (exact) mass is 429 g/mol. The van der Waals surface area contributed by atoms with Crippen LogP contribution < -0.4 is 10.1 Å². The molecule has 0 saturated carbocycles. The van der Waals surface area contributed by atoms with E-state index in [-0.39, 0.29) is 31.4 Å². The maximum atomic E-state index is 13.3. The van der Waals surface area contributed by atoms with Gasteiger partial charge in [-0.25, -0.2) is 0 Å². The summed E-state index contributed by atoms with van der Waals surface area (Å²) in [5.41, 5.74) is 2.21. The first-order valence-corrected chi connectivity index (χ1v) is 9.79. The molecular formula is C21H20ClN3O5. The molecule has 1 atom stereocenters. The number of halogens is 1. The topological polar surface area (TPSA) is 99.2 Å². The lowest BCUT2D eigenvalue weighted by Crippen LogP contribution is -2.59. The zero-order valence-corrected chi connectivity index (χ0v) is 17.0. The Balaban J connectivity index is 1.72. The number of nitrogens with one attached hydrogen (secondary N) is 1. The highest BCUT2D eigenvalue weighted by Crippen LogP contribution is 2.36. The molecule has 2 aliphatic rings. The average molecular weight is 430 g/mol. The fraction of sp³-hybridized carbons (Fsp3) is 0.286. The van der Waals surface area contributed by atoms with Gasteiger partial charge in [-0.2, -0.15) is 0 Å². The third kappa shape index (κ3) is 3.48. The van der Waals surface area contributed by atoms with Crippen LogP contribution in [0.5, 0.6) is 5.75 Å². The molecule has 1 fully saturated rings. The van der Waals surface area contributed by atoms with Crippen molar-refractivity contribution in [2.75, 3.05) is 38.7 Å². The molecule has 2 heterocycles. The highest BCUT2D eigenvalue weighted by molar-refractivity contribution is 6.31. The number of aliphatic hydroxyl groups excluding tert-OH is 1. The van der Waals surface area contributed by atoms with E-state index in [0.29, 0.717) is 22.0 Å². The molecule has 0 aromatic heterocycles. The predicted molar refractivity (Wildman–Crippen MR) is 111 cm³/mol. The SMILES string of the molecule is COc1ccc(Cl)cc1-c1ccc2c(c1)C(=O)N1CCN(C(=O)CO)C[C@@H]1C(=O)N2. The number of hydrogen-bond donors (Lipinski definition) is 2. The first-order chi connectivity index (χ1) is 14.4. The molecule has 0 unspecified atom stereocenters. The number of ether oxygens (including phenoxy) is 1. The van der Waals surface area contributed by atoms with E-state index in [1.54, 1.807) is 43.5 Å². The standard InChI is InChI=1S/C21H20ClN3O5/c1-30-18-5-3-13(22)9-14(18)12-2-4-16-15(8-12)21(29)25-7-6-24(19(27)11-26)10-17(25)20(28)23-16/h2-5,8-9,17,26H,6-7,10-11H2,1H3,(H,23,28)/t17-/m1/s1. The number of piperazine rings is 1. The number of rotatable bonds is 3. The van der Waals surface area contributed by atoms with Crippen molar-refractivity contribution in [3.05, 3.63) is 47.0 Å². The highest BCUT2D eigenvalue weighted by Gasteiger charge is 2.40. The lowest BCUT2D eigenvalue weighted by atomic mass is 10.00. The van der Waals surface area contributed by atoms with Crippen molar-refractivity contribution >= 4 is 35.0 Å². The molecule has 2 aromatic rings. The Morgan fingerprint density at radius 3 is 2.73 bits per heavy atom. The minimum absolute atomic E-state index is 0.0416. The molecule has 3 amide bonds. The lowest BCUT2D eigenvalue weighted by molar-refractivity contribution is -0.138. The maximum absolute atomic E-state index is 13.3.